The molecule has 9 heteroatoms. The molecular formula is C31H36ClN3O5. The van der Waals surface area contributed by atoms with Crippen LogP contribution in [0, 0.1) is 5.92 Å². The third-order valence-electron chi connectivity index (χ3n) is 6.23. The number of hydrogen-bond acceptors (Lipinski definition) is 5. The monoisotopic (exact) mass is 565 g/mol. The van der Waals surface area contributed by atoms with Crippen LogP contribution in [0.5, 0.6) is 5.75 Å². The zero-order valence-electron chi connectivity index (χ0n) is 23.2. The molecule has 8 nitrogen and oxygen atoms in total. The number of ether oxygens (including phenoxy) is 1. The highest BCUT2D eigenvalue weighted by atomic mass is 35.5. The molecule has 0 aliphatic heterocycles. The van der Waals surface area contributed by atoms with Gasteiger partial charge in [-0.3, -0.25) is 19.2 Å². The lowest BCUT2D eigenvalue weighted by Gasteiger charge is -2.26. The van der Waals surface area contributed by atoms with E-state index < -0.39 is 29.8 Å². The van der Waals surface area contributed by atoms with E-state index in [-0.39, 0.29) is 24.5 Å². The van der Waals surface area contributed by atoms with Gasteiger partial charge in [0.05, 0.1) is 12.7 Å². The third-order valence-corrected chi connectivity index (χ3v) is 6.47. The van der Waals surface area contributed by atoms with Gasteiger partial charge in [0.15, 0.2) is 0 Å². The number of benzene rings is 3. The van der Waals surface area contributed by atoms with E-state index in [2.05, 4.69) is 10.6 Å². The normalized spacial score (nSPS) is 12.3. The van der Waals surface area contributed by atoms with Gasteiger partial charge in [-0.2, -0.15) is 0 Å². The molecule has 3 amide bonds. The summed E-state index contributed by atoms with van der Waals surface area (Å²) in [7, 11) is 2.86. The van der Waals surface area contributed by atoms with Crippen LogP contribution < -0.4 is 15.4 Å². The zero-order valence-corrected chi connectivity index (χ0v) is 24.0. The van der Waals surface area contributed by atoms with Gasteiger partial charge in [0, 0.05) is 18.5 Å². The standard InChI is InChI=1S/C31H36ClN3O5/c1-21(2)17-26(30(37)34-27(31(38)35(3)39-4)18-22-11-7-5-8-12-22)33-29(36)25-19-24(32)15-16-28(25)40-20-23-13-9-6-10-14-23/h5-16,19,21,26-27H,17-18,20H2,1-4H3,(H,33,36)(H,34,37)/t26-,27-/m0/s1. The molecule has 2 N–H and O–H groups in total. The first-order chi connectivity index (χ1) is 19.2. The number of nitrogens with one attached hydrogen (secondary N) is 2. The highest BCUT2D eigenvalue weighted by Crippen LogP contribution is 2.24. The maximum absolute atomic E-state index is 13.5. The van der Waals surface area contributed by atoms with Gasteiger partial charge in [-0.05, 0) is 41.7 Å². The van der Waals surface area contributed by atoms with E-state index in [1.165, 1.54) is 20.2 Å². The average Bonchev–Trinajstić information content (AvgIpc) is 2.95. The number of halogens is 1. The lowest BCUT2D eigenvalue weighted by atomic mass is 10.0. The van der Waals surface area contributed by atoms with Crippen LogP contribution in [0.15, 0.2) is 78.9 Å². The Hall–Kier alpha value is -3.88. The van der Waals surface area contributed by atoms with Crippen molar-refractivity contribution in [2.75, 3.05) is 14.2 Å². The Labute approximate surface area is 240 Å². The molecule has 0 saturated heterocycles. The molecule has 0 bridgehead atoms. The van der Waals surface area contributed by atoms with Crippen molar-refractivity contribution >= 4 is 29.3 Å². The number of carbonyl (C=O) groups is 3. The molecule has 0 unspecified atom stereocenters. The fraction of sp³-hybridized carbons (Fsp3) is 0.323. The van der Waals surface area contributed by atoms with Gasteiger partial charge in [0.25, 0.3) is 11.8 Å². The zero-order chi connectivity index (χ0) is 29.1. The van der Waals surface area contributed by atoms with E-state index in [0.29, 0.717) is 17.2 Å². The minimum Gasteiger partial charge on any atom is -0.488 e. The van der Waals surface area contributed by atoms with Crippen molar-refractivity contribution in [3.05, 3.63) is 101 Å². The quantitative estimate of drug-likeness (QED) is 0.290. The van der Waals surface area contributed by atoms with Crippen molar-refractivity contribution in [1.82, 2.24) is 15.7 Å². The Balaban J connectivity index is 1.80. The highest BCUT2D eigenvalue weighted by molar-refractivity contribution is 6.31. The number of rotatable bonds is 13. The van der Waals surface area contributed by atoms with E-state index in [4.69, 9.17) is 21.2 Å². The SMILES string of the molecule is CON(C)C(=O)[C@H](Cc1ccccc1)NC(=O)[C@H](CC(C)C)NC(=O)c1cc(Cl)ccc1OCc1ccccc1. The molecule has 2 atom stereocenters. The molecule has 0 aliphatic rings. The number of nitrogens with zero attached hydrogens (tertiary/aromatic N) is 1. The van der Waals surface area contributed by atoms with Gasteiger partial charge in [-0.15, -0.1) is 0 Å². The molecule has 3 aromatic rings. The topological polar surface area (TPSA) is 97.0 Å². The van der Waals surface area contributed by atoms with E-state index in [0.717, 1.165) is 16.2 Å². The molecule has 0 radical (unpaired) electrons. The van der Waals surface area contributed by atoms with Crippen LogP contribution in [-0.4, -0.2) is 49.0 Å². The van der Waals surface area contributed by atoms with Crippen molar-refractivity contribution in [3.8, 4) is 5.75 Å². The number of amides is 3. The fourth-order valence-electron chi connectivity index (χ4n) is 4.11. The summed E-state index contributed by atoms with van der Waals surface area (Å²) in [5, 5.41) is 7.10. The first kappa shape index (κ1) is 30.7. The second kappa shape index (κ2) is 15.1. The predicted molar refractivity (Wildman–Crippen MR) is 155 cm³/mol. The first-order valence-electron chi connectivity index (χ1n) is 13.1. The first-order valence-corrected chi connectivity index (χ1v) is 13.5. The second-order valence-corrected chi connectivity index (χ2v) is 10.3. The summed E-state index contributed by atoms with van der Waals surface area (Å²) in [6, 6.07) is 21.9. The molecule has 212 valence electrons. The summed E-state index contributed by atoms with van der Waals surface area (Å²) in [4.78, 5) is 45.1. The number of likely N-dealkylation sites (N-methyl/N-ethyl adjacent to an activating group) is 1. The molecule has 0 fully saturated rings. The predicted octanol–water partition coefficient (Wildman–Crippen LogP) is 4.81. The summed E-state index contributed by atoms with van der Waals surface area (Å²) >= 11 is 6.22. The molecule has 40 heavy (non-hydrogen) atoms. The van der Waals surface area contributed by atoms with Crippen LogP contribution in [0.2, 0.25) is 5.02 Å². The Morgan fingerprint density at radius 1 is 0.875 bits per heavy atom. The van der Waals surface area contributed by atoms with Crippen LogP contribution in [0.1, 0.15) is 41.8 Å². The van der Waals surface area contributed by atoms with Crippen LogP contribution >= 0.6 is 11.6 Å². The third kappa shape index (κ3) is 9.10. The lowest BCUT2D eigenvalue weighted by Crippen LogP contribution is -2.54. The van der Waals surface area contributed by atoms with E-state index in [1.54, 1.807) is 12.1 Å². The highest BCUT2D eigenvalue weighted by Gasteiger charge is 2.30. The van der Waals surface area contributed by atoms with Gasteiger partial charge < -0.3 is 15.4 Å². The van der Waals surface area contributed by atoms with Gasteiger partial charge in [0.2, 0.25) is 5.91 Å². The maximum Gasteiger partial charge on any atom is 0.268 e. The molecule has 0 spiro atoms. The number of carbonyl (C=O) groups excluding carboxylic acids is 3. The minimum atomic E-state index is -0.910. The minimum absolute atomic E-state index is 0.0779. The van der Waals surface area contributed by atoms with Crippen molar-refractivity contribution < 1.29 is 24.0 Å². The summed E-state index contributed by atoms with van der Waals surface area (Å²) in [6.45, 7) is 4.16. The smallest absolute Gasteiger partial charge is 0.268 e. The van der Waals surface area contributed by atoms with E-state index >= 15 is 0 Å². The molecule has 3 rings (SSSR count). The Morgan fingerprint density at radius 3 is 2.10 bits per heavy atom. The van der Waals surface area contributed by atoms with Crippen molar-refractivity contribution in [2.24, 2.45) is 5.92 Å². The summed E-state index contributed by atoms with van der Waals surface area (Å²) < 4.78 is 5.94. The molecule has 3 aromatic carbocycles. The van der Waals surface area contributed by atoms with Crippen LogP contribution in [0.4, 0.5) is 0 Å². The largest absolute Gasteiger partial charge is 0.488 e. The van der Waals surface area contributed by atoms with Gasteiger partial charge in [-0.25, -0.2) is 5.06 Å². The Bertz CT molecular complexity index is 1270. The van der Waals surface area contributed by atoms with Crippen molar-refractivity contribution in [2.45, 2.75) is 45.4 Å². The average molecular weight is 566 g/mol. The Kier molecular flexibility index (Phi) is 11.5. The second-order valence-electron chi connectivity index (χ2n) is 9.84. The number of hydroxylamine groups is 2. The molecule has 0 saturated carbocycles. The Morgan fingerprint density at radius 2 is 1.50 bits per heavy atom. The summed E-state index contributed by atoms with van der Waals surface area (Å²) in [6.07, 6.45) is 0.609. The van der Waals surface area contributed by atoms with Crippen molar-refractivity contribution in [1.29, 1.82) is 0 Å². The number of hydrogen-bond donors (Lipinski definition) is 2. The summed E-state index contributed by atoms with van der Waals surface area (Å²) in [5.74, 6) is -0.982. The molecule has 0 aliphatic carbocycles. The summed E-state index contributed by atoms with van der Waals surface area (Å²) in [5.41, 5.74) is 2.02. The van der Waals surface area contributed by atoms with Crippen LogP contribution in [-0.2, 0) is 27.5 Å². The molecule has 0 heterocycles. The van der Waals surface area contributed by atoms with E-state index in [9.17, 15) is 14.4 Å². The molecular weight excluding hydrogens is 530 g/mol. The van der Waals surface area contributed by atoms with Crippen LogP contribution in [0.3, 0.4) is 0 Å². The van der Waals surface area contributed by atoms with E-state index in [1.807, 2.05) is 74.5 Å². The fourth-order valence-corrected chi connectivity index (χ4v) is 4.28. The maximum atomic E-state index is 13.5. The van der Waals surface area contributed by atoms with Gasteiger partial charge in [-0.1, -0.05) is 86.1 Å². The lowest BCUT2D eigenvalue weighted by molar-refractivity contribution is -0.171. The van der Waals surface area contributed by atoms with Gasteiger partial charge >= 0.3 is 0 Å². The van der Waals surface area contributed by atoms with Crippen molar-refractivity contribution in [3.63, 3.8) is 0 Å². The van der Waals surface area contributed by atoms with Gasteiger partial charge in [0.1, 0.15) is 24.4 Å². The molecule has 0 aromatic heterocycles. The van der Waals surface area contributed by atoms with Crippen LogP contribution in [0.25, 0.3) is 0 Å².